The third kappa shape index (κ3) is 3.35. The van der Waals surface area contributed by atoms with Crippen LogP contribution in [0.1, 0.15) is 31.7 Å². The lowest BCUT2D eigenvalue weighted by Gasteiger charge is -2.33. The van der Waals surface area contributed by atoms with Gasteiger partial charge >= 0.3 is 0 Å². The van der Waals surface area contributed by atoms with Gasteiger partial charge in [0.15, 0.2) is 0 Å². The first-order valence-electron chi connectivity index (χ1n) is 6.27. The molecular weight excluding hydrogens is 325 g/mol. The van der Waals surface area contributed by atoms with Crippen molar-refractivity contribution in [1.82, 2.24) is 4.90 Å². The van der Waals surface area contributed by atoms with Gasteiger partial charge in [0, 0.05) is 12.6 Å². The quantitative estimate of drug-likeness (QED) is 0.775. The van der Waals surface area contributed by atoms with Crippen molar-refractivity contribution in [2.24, 2.45) is 0 Å². The second-order valence-corrected chi connectivity index (χ2v) is 5.95. The topological polar surface area (TPSA) is 12.5 Å². The van der Waals surface area contributed by atoms with Gasteiger partial charge in [0.05, 0.1) is 10.7 Å². The highest BCUT2D eigenvalue weighted by atomic mass is 127. The summed E-state index contributed by atoms with van der Waals surface area (Å²) in [6, 6.07) is 7.22. The Morgan fingerprint density at radius 2 is 2.24 bits per heavy atom. The van der Waals surface area contributed by atoms with Gasteiger partial charge in [-0.05, 0) is 66.6 Å². The molecule has 94 valence electrons. The maximum Gasteiger partial charge on any atom is 0.132 e. The van der Waals surface area contributed by atoms with E-state index in [-0.39, 0.29) is 0 Å². The van der Waals surface area contributed by atoms with Crippen molar-refractivity contribution in [2.45, 2.75) is 38.8 Å². The van der Waals surface area contributed by atoms with Gasteiger partial charge in [-0.1, -0.05) is 12.5 Å². The molecule has 1 atom stereocenters. The second kappa shape index (κ2) is 6.05. The summed E-state index contributed by atoms with van der Waals surface area (Å²) in [5.74, 6) is 0.973. The van der Waals surface area contributed by atoms with Crippen LogP contribution in [0.2, 0.25) is 0 Å². The molecule has 3 heteroatoms. The van der Waals surface area contributed by atoms with Crippen LogP contribution in [-0.2, 0) is 6.54 Å². The van der Waals surface area contributed by atoms with E-state index >= 15 is 0 Å². The fourth-order valence-corrected chi connectivity index (χ4v) is 3.24. The second-order valence-electron chi connectivity index (χ2n) is 4.78. The van der Waals surface area contributed by atoms with E-state index in [4.69, 9.17) is 4.74 Å². The number of piperidine rings is 1. The van der Waals surface area contributed by atoms with E-state index in [1.807, 2.05) is 0 Å². The lowest BCUT2D eigenvalue weighted by Crippen LogP contribution is -2.36. The fraction of sp³-hybridized carbons (Fsp3) is 0.571. The number of hydrogen-bond donors (Lipinski definition) is 0. The molecule has 1 unspecified atom stereocenters. The summed E-state index contributed by atoms with van der Waals surface area (Å²) in [6.45, 7) is 4.65. The summed E-state index contributed by atoms with van der Waals surface area (Å²) in [4.78, 5) is 2.58. The summed E-state index contributed by atoms with van der Waals surface area (Å²) >= 11 is 2.34. The van der Waals surface area contributed by atoms with Crippen LogP contribution in [0.15, 0.2) is 18.2 Å². The first-order chi connectivity index (χ1) is 8.20. The molecule has 1 saturated heterocycles. The predicted molar refractivity (Wildman–Crippen MR) is 79.4 cm³/mol. The van der Waals surface area contributed by atoms with Gasteiger partial charge in [0.2, 0.25) is 0 Å². The fourth-order valence-electron chi connectivity index (χ4n) is 2.44. The Hall–Kier alpha value is -0.290. The number of hydrogen-bond acceptors (Lipinski definition) is 2. The number of rotatable bonds is 3. The van der Waals surface area contributed by atoms with Gasteiger partial charge < -0.3 is 4.74 Å². The molecule has 1 aromatic rings. The van der Waals surface area contributed by atoms with Crippen molar-refractivity contribution in [3.8, 4) is 5.75 Å². The summed E-state index contributed by atoms with van der Waals surface area (Å²) in [5, 5.41) is 0. The monoisotopic (exact) mass is 345 g/mol. The maximum absolute atomic E-state index is 5.29. The highest BCUT2D eigenvalue weighted by Gasteiger charge is 2.18. The SMILES string of the molecule is COc1ccc(CN2CCCCC2C)cc1I. The molecule has 1 aromatic carbocycles. The lowest BCUT2D eigenvalue weighted by atomic mass is 10.0. The van der Waals surface area contributed by atoms with Crippen LogP contribution in [0.3, 0.4) is 0 Å². The molecule has 0 aliphatic carbocycles. The molecule has 0 aromatic heterocycles. The van der Waals surface area contributed by atoms with Gasteiger partial charge in [0.25, 0.3) is 0 Å². The van der Waals surface area contributed by atoms with Gasteiger partial charge in [-0.3, -0.25) is 4.90 Å². The van der Waals surface area contributed by atoms with Crippen molar-refractivity contribution in [3.05, 3.63) is 27.3 Å². The lowest BCUT2D eigenvalue weighted by molar-refractivity contribution is 0.152. The van der Waals surface area contributed by atoms with Crippen molar-refractivity contribution >= 4 is 22.6 Å². The minimum absolute atomic E-state index is 0.725. The minimum atomic E-state index is 0.725. The Balaban J connectivity index is 2.05. The first kappa shape index (κ1) is 13.1. The summed E-state index contributed by atoms with van der Waals surface area (Å²) in [7, 11) is 1.73. The number of halogens is 1. The van der Waals surface area contributed by atoms with Crippen molar-refractivity contribution in [2.75, 3.05) is 13.7 Å². The number of benzene rings is 1. The predicted octanol–water partition coefficient (Wildman–Crippen LogP) is 3.67. The van der Waals surface area contributed by atoms with Crippen LogP contribution in [0, 0.1) is 3.57 Å². The van der Waals surface area contributed by atoms with Crippen molar-refractivity contribution in [1.29, 1.82) is 0 Å². The zero-order chi connectivity index (χ0) is 12.3. The van der Waals surface area contributed by atoms with Crippen LogP contribution in [0.25, 0.3) is 0 Å². The van der Waals surface area contributed by atoms with Gasteiger partial charge in [0.1, 0.15) is 5.75 Å². The minimum Gasteiger partial charge on any atom is -0.496 e. The number of methoxy groups -OCH3 is 1. The van der Waals surface area contributed by atoms with E-state index in [9.17, 15) is 0 Å². The standard InChI is InChI=1S/C14H20INO/c1-11-5-3-4-8-16(11)10-12-6-7-14(17-2)13(15)9-12/h6-7,9,11H,3-5,8,10H2,1-2H3. The zero-order valence-electron chi connectivity index (χ0n) is 10.6. The van der Waals surface area contributed by atoms with E-state index in [0.717, 1.165) is 18.3 Å². The Morgan fingerprint density at radius 1 is 1.41 bits per heavy atom. The molecule has 17 heavy (non-hydrogen) atoms. The summed E-state index contributed by atoms with van der Waals surface area (Å²) in [5.41, 5.74) is 1.39. The average Bonchev–Trinajstić information content (AvgIpc) is 2.32. The molecule has 0 spiro atoms. The van der Waals surface area contributed by atoms with E-state index in [0.29, 0.717) is 0 Å². The Labute approximate surface area is 117 Å². The average molecular weight is 345 g/mol. The Kier molecular flexibility index (Phi) is 4.68. The van der Waals surface area contributed by atoms with Crippen LogP contribution >= 0.6 is 22.6 Å². The van der Waals surface area contributed by atoms with E-state index in [1.165, 1.54) is 34.9 Å². The molecular formula is C14H20INO. The van der Waals surface area contributed by atoms with Crippen LogP contribution in [0.5, 0.6) is 5.75 Å². The van der Waals surface area contributed by atoms with Gasteiger partial charge in [-0.15, -0.1) is 0 Å². The molecule has 0 amide bonds. The van der Waals surface area contributed by atoms with E-state index < -0.39 is 0 Å². The number of nitrogens with zero attached hydrogens (tertiary/aromatic N) is 1. The van der Waals surface area contributed by atoms with Crippen molar-refractivity contribution < 1.29 is 4.74 Å². The summed E-state index contributed by atoms with van der Waals surface area (Å²) < 4.78 is 6.49. The molecule has 0 bridgehead atoms. The number of likely N-dealkylation sites (tertiary alicyclic amines) is 1. The van der Waals surface area contributed by atoms with Gasteiger partial charge in [-0.2, -0.15) is 0 Å². The smallest absolute Gasteiger partial charge is 0.132 e. The van der Waals surface area contributed by atoms with Crippen LogP contribution in [0.4, 0.5) is 0 Å². The van der Waals surface area contributed by atoms with Crippen molar-refractivity contribution in [3.63, 3.8) is 0 Å². The highest BCUT2D eigenvalue weighted by molar-refractivity contribution is 14.1. The normalized spacial score (nSPS) is 21.5. The molecule has 0 radical (unpaired) electrons. The Bertz CT molecular complexity index is 380. The molecule has 0 saturated carbocycles. The number of ether oxygens (including phenoxy) is 1. The maximum atomic E-state index is 5.29. The molecule has 2 rings (SSSR count). The third-order valence-corrected chi connectivity index (χ3v) is 4.39. The van der Waals surface area contributed by atoms with Crippen LogP contribution < -0.4 is 4.74 Å². The largest absolute Gasteiger partial charge is 0.496 e. The highest BCUT2D eigenvalue weighted by Crippen LogP contribution is 2.24. The van der Waals surface area contributed by atoms with Gasteiger partial charge in [-0.25, -0.2) is 0 Å². The first-order valence-corrected chi connectivity index (χ1v) is 7.35. The zero-order valence-corrected chi connectivity index (χ0v) is 12.7. The van der Waals surface area contributed by atoms with E-state index in [1.54, 1.807) is 7.11 Å². The summed E-state index contributed by atoms with van der Waals surface area (Å²) in [6.07, 6.45) is 4.07. The molecule has 1 aliphatic rings. The van der Waals surface area contributed by atoms with E-state index in [2.05, 4.69) is 52.6 Å². The molecule has 1 heterocycles. The molecule has 1 aliphatic heterocycles. The molecule has 1 fully saturated rings. The van der Waals surface area contributed by atoms with Crippen LogP contribution in [-0.4, -0.2) is 24.6 Å². The molecule has 0 N–H and O–H groups in total. The third-order valence-electron chi connectivity index (χ3n) is 3.54. The molecule has 2 nitrogen and oxygen atoms in total. The Morgan fingerprint density at radius 3 is 2.88 bits per heavy atom.